The van der Waals surface area contributed by atoms with Crippen LogP contribution in [0.25, 0.3) is 11.0 Å². The van der Waals surface area contributed by atoms with Gasteiger partial charge in [-0.1, -0.05) is 12.1 Å². The molecular weight excluding hydrogens is 368 g/mol. The molecular formula is C23H27N2O4+. The van der Waals surface area contributed by atoms with Gasteiger partial charge >= 0.3 is 5.63 Å². The summed E-state index contributed by atoms with van der Waals surface area (Å²) < 4.78 is 10.6. The fraction of sp³-hybridized carbons (Fsp3) is 0.304. The van der Waals surface area contributed by atoms with E-state index in [0.29, 0.717) is 18.7 Å². The number of rotatable bonds is 7. The Kier molecular flexibility index (Phi) is 6.34. The Balaban J connectivity index is 1.76. The van der Waals surface area contributed by atoms with Gasteiger partial charge in [-0.2, -0.15) is 0 Å². The van der Waals surface area contributed by atoms with Crippen LogP contribution in [0.3, 0.4) is 0 Å². The molecule has 0 spiro atoms. The van der Waals surface area contributed by atoms with Gasteiger partial charge in [0.2, 0.25) is 0 Å². The smallest absolute Gasteiger partial charge is 0.336 e. The highest BCUT2D eigenvalue weighted by molar-refractivity contribution is 5.91. The van der Waals surface area contributed by atoms with Crippen molar-refractivity contribution in [1.82, 2.24) is 0 Å². The van der Waals surface area contributed by atoms with E-state index < -0.39 is 0 Å². The van der Waals surface area contributed by atoms with Crippen molar-refractivity contribution in [3.05, 3.63) is 69.6 Å². The monoisotopic (exact) mass is 395 g/mol. The van der Waals surface area contributed by atoms with Crippen LogP contribution in [-0.2, 0) is 11.3 Å². The third-order valence-corrected chi connectivity index (χ3v) is 5.24. The molecule has 2 N–H and O–H groups in total. The lowest BCUT2D eigenvalue weighted by Gasteiger charge is -2.18. The number of aryl methyl sites for hydroxylation is 2. The molecule has 152 valence electrons. The molecule has 0 aliphatic heterocycles. The van der Waals surface area contributed by atoms with Crippen molar-refractivity contribution in [3.8, 4) is 5.75 Å². The van der Waals surface area contributed by atoms with E-state index in [1.54, 1.807) is 19.2 Å². The Labute approximate surface area is 170 Å². The predicted molar refractivity (Wildman–Crippen MR) is 114 cm³/mol. The topological polar surface area (TPSA) is 73.0 Å². The second kappa shape index (κ2) is 8.92. The molecule has 0 fully saturated rings. The zero-order valence-corrected chi connectivity index (χ0v) is 17.3. The summed E-state index contributed by atoms with van der Waals surface area (Å²) in [6.07, 6.45) is 0. The van der Waals surface area contributed by atoms with Gasteiger partial charge in [0.1, 0.15) is 17.9 Å². The maximum Gasteiger partial charge on any atom is 0.336 e. The molecule has 1 unspecified atom stereocenters. The predicted octanol–water partition coefficient (Wildman–Crippen LogP) is 2.46. The minimum atomic E-state index is -0.362. The van der Waals surface area contributed by atoms with Crippen LogP contribution in [0, 0.1) is 13.8 Å². The first-order chi connectivity index (χ1) is 13.9. The number of ether oxygens (including phenoxy) is 1. The number of amides is 1. The number of likely N-dealkylation sites (N-methyl/N-ethyl adjacent to an activating group) is 1. The third-order valence-electron chi connectivity index (χ3n) is 5.24. The number of carbonyl (C=O) groups is 1. The summed E-state index contributed by atoms with van der Waals surface area (Å²) in [4.78, 5) is 25.7. The highest BCUT2D eigenvalue weighted by Crippen LogP contribution is 2.22. The standard InChI is InChI=1S/C23H26N2O4/c1-5-25(14-21(26)24-18-7-9-19(28-4)10-8-18)13-17-12-22(27)29-23-16(3)15(2)6-11-20(17)23/h6-12H,5,13-14H2,1-4H3,(H,24,26)/p+1. The highest BCUT2D eigenvalue weighted by Gasteiger charge is 2.17. The van der Waals surface area contributed by atoms with Crippen LogP contribution in [-0.4, -0.2) is 26.1 Å². The lowest BCUT2D eigenvalue weighted by atomic mass is 10.0. The molecule has 0 saturated heterocycles. The number of methoxy groups -OCH3 is 1. The number of hydrogen-bond donors (Lipinski definition) is 2. The number of fused-ring (bicyclic) bond motifs is 1. The molecule has 0 saturated carbocycles. The van der Waals surface area contributed by atoms with Crippen LogP contribution >= 0.6 is 0 Å². The second-order valence-corrected chi connectivity index (χ2v) is 7.21. The van der Waals surface area contributed by atoms with Crippen molar-refractivity contribution in [2.45, 2.75) is 27.3 Å². The fourth-order valence-corrected chi connectivity index (χ4v) is 3.36. The number of benzene rings is 2. The van der Waals surface area contributed by atoms with Gasteiger partial charge in [-0.05, 0) is 56.2 Å². The Morgan fingerprint density at radius 1 is 1.14 bits per heavy atom. The molecule has 6 nitrogen and oxygen atoms in total. The van der Waals surface area contributed by atoms with E-state index in [4.69, 9.17) is 9.15 Å². The zero-order valence-electron chi connectivity index (χ0n) is 17.3. The summed E-state index contributed by atoms with van der Waals surface area (Å²) in [7, 11) is 1.60. The molecule has 1 atom stereocenters. The first-order valence-corrected chi connectivity index (χ1v) is 9.71. The Bertz CT molecular complexity index is 1070. The Morgan fingerprint density at radius 3 is 2.52 bits per heavy atom. The summed E-state index contributed by atoms with van der Waals surface area (Å²) in [6, 6.07) is 12.8. The van der Waals surface area contributed by atoms with Gasteiger partial charge in [0.05, 0.1) is 13.7 Å². The molecule has 3 rings (SSSR count). The minimum absolute atomic E-state index is 0.0775. The van der Waals surface area contributed by atoms with E-state index in [2.05, 4.69) is 5.32 Å². The maximum absolute atomic E-state index is 12.5. The quantitative estimate of drug-likeness (QED) is 0.603. The van der Waals surface area contributed by atoms with Crippen molar-refractivity contribution in [1.29, 1.82) is 0 Å². The molecule has 6 heteroatoms. The number of hydrogen-bond acceptors (Lipinski definition) is 4. The average molecular weight is 395 g/mol. The lowest BCUT2D eigenvalue weighted by Crippen LogP contribution is -3.11. The SMILES string of the molecule is CC[NH+](CC(=O)Nc1ccc(OC)cc1)Cc1cc(=O)oc2c(C)c(C)ccc12. The van der Waals surface area contributed by atoms with Crippen molar-refractivity contribution in [3.63, 3.8) is 0 Å². The summed E-state index contributed by atoms with van der Waals surface area (Å²) in [6.45, 7) is 7.60. The van der Waals surface area contributed by atoms with Crippen molar-refractivity contribution in [2.24, 2.45) is 0 Å². The second-order valence-electron chi connectivity index (χ2n) is 7.21. The van der Waals surface area contributed by atoms with Crippen LogP contribution in [0.1, 0.15) is 23.6 Å². The fourth-order valence-electron chi connectivity index (χ4n) is 3.36. The molecule has 0 aliphatic rings. The number of carbonyl (C=O) groups excluding carboxylic acids is 1. The summed E-state index contributed by atoms with van der Waals surface area (Å²) in [5, 5.41) is 3.84. The van der Waals surface area contributed by atoms with E-state index in [9.17, 15) is 9.59 Å². The molecule has 2 aromatic carbocycles. The first-order valence-electron chi connectivity index (χ1n) is 9.71. The van der Waals surface area contributed by atoms with Gasteiger partial charge in [-0.15, -0.1) is 0 Å². The van der Waals surface area contributed by atoms with E-state index in [1.807, 2.05) is 45.0 Å². The first kappa shape index (κ1) is 20.6. The van der Waals surface area contributed by atoms with Gasteiger partial charge in [0.25, 0.3) is 5.91 Å². The van der Waals surface area contributed by atoms with Crippen molar-refractivity contribution < 1.29 is 18.8 Å². The highest BCUT2D eigenvalue weighted by atomic mass is 16.5. The Hall–Kier alpha value is -3.12. The van der Waals surface area contributed by atoms with Crippen molar-refractivity contribution >= 4 is 22.6 Å². The van der Waals surface area contributed by atoms with E-state index in [-0.39, 0.29) is 11.5 Å². The molecule has 0 bridgehead atoms. The van der Waals surface area contributed by atoms with Crippen LogP contribution < -0.4 is 20.6 Å². The molecule has 1 heterocycles. The van der Waals surface area contributed by atoms with Crippen LogP contribution in [0.5, 0.6) is 5.75 Å². The third kappa shape index (κ3) is 4.84. The number of nitrogens with one attached hydrogen (secondary N) is 2. The summed E-state index contributed by atoms with van der Waals surface area (Å²) in [5.74, 6) is 0.662. The molecule has 1 aromatic heterocycles. The zero-order chi connectivity index (χ0) is 21.0. The molecule has 0 radical (unpaired) electrons. The van der Waals surface area contributed by atoms with Crippen LogP contribution in [0.15, 0.2) is 51.7 Å². The van der Waals surface area contributed by atoms with Gasteiger partial charge in [0.15, 0.2) is 6.54 Å². The van der Waals surface area contributed by atoms with Gasteiger partial charge in [-0.25, -0.2) is 4.79 Å². The minimum Gasteiger partial charge on any atom is -0.497 e. The molecule has 0 aliphatic carbocycles. The normalized spacial score (nSPS) is 12.0. The average Bonchev–Trinajstić information content (AvgIpc) is 2.71. The summed E-state index contributed by atoms with van der Waals surface area (Å²) in [5.41, 5.74) is 3.94. The maximum atomic E-state index is 12.5. The summed E-state index contributed by atoms with van der Waals surface area (Å²) >= 11 is 0. The van der Waals surface area contributed by atoms with Gasteiger partial charge in [0, 0.05) is 22.7 Å². The molecule has 3 aromatic rings. The van der Waals surface area contributed by atoms with Gasteiger partial charge < -0.3 is 19.4 Å². The van der Waals surface area contributed by atoms with Crippen LogP contribution in [0.2, 0.25) is 0 Å². The van der Waals surface area contributed by atoms with Crippen LogP contribution in [0.4, 0.5) is 5.69 Å². The molecule has 1 amide bonds. The van der Waals surface area contributed by atoms with E-state index in [0.717, 1.165) is 45.0 Å². The number of quaternary nitrogens is 1. The van der Waals surface area contributed by atoms with Gasteiger partial charge in [-0.3, -0.25) is 4.79 Å². The van der Waals surface area contributed by atoms with E-state index in [1.165, 1.54) is 6.07 Å². The largest absolute Gasteiger partial charge is 0.497 e. The van der Waals surface area contributed by atoms with E-state index >= 15 is 0 Å². The van der Waals surface area contributed by atoms with Crippen molar-refractivity contribution in [2.75, 3.05) is 25.5 Å². The molecule has 29 heavy (non-hydrogen) atoms. The Morgan fingerprint density at radius 2 is 1.86 bits per heavy atom. The lowest BCUT2D eigenvalue weighted by molar-refractivity contribution is -0.903. The number of anilines is 1.